The molecular weight excluding hydrogens is 371 g/mol. The number of pyridine rings is 1. The molecule has 138 valence electrons. The fourth-order valence-corrected chi connectivity index (χ4v) is 2.39. The lowest BCUT2D eigenvalue weighted by atomic mass is 10.2. The maximum Gasteiger partial charge on any atom is 0.258 e. The van der Waals surface area contributed by atoms with E-state index in [-0.39, 0.29) is 24.9 Å². The van der Waals surface area contributed by atoms with Gasteiger partial charge in [-0.2, -0.15) is 0 Å². The predicted octanol–water partition coefficient (Wildman–Crippen LogP) is 4.36. The molecule has 1 amide bonds. The van der Waals surface area contributed by atoms with Crippen LogP contribution in [0.4, 0.5) is 4.39 Å². The van der Waals surface area contributed by atoms with E-state index in [4.69, 9.17) is 21.1 Å². The summed E-state index contributed by atoms with van der Waals surface area (Å²) < 4.78 is 23.9. The number of amides is 1. The Labute approximate surface area is 160 Å². The Balaban J connectivity index is 1.51. The molecule has 1 N–H and O–H groups in total. The summed E-state index contributed by atoms with van der Waals surface area (Å²) in [7, 11) is 0. The van der Waals surface area contributed by atoms with E-state index in [2.05, 4.69) is 10.3 Å². The number of nitrogens with one attached hydrogen (secondary N) is 1. The highest BCUT2D eigenvalue weighted by atomic mass is 35.5. The first-order chi connectivity index (χ1) is 13.1. The number of halogens is 2. The van der Waals surface area contributed by atoms with Crippen LogP contribution in [0.1, 0.15) is 5.56 Å². The van der Waals surface area contributed by atoms with Gasteiger partial charge in [-0.05, 0) is 48.0 Å². The molecule has 2 aromatic carbocycles. The molecule has 0 atom stereocenters. The molecule has 27 heavy (non-hydrogen) atoms. The molecule has 3 rings (SSSR count). The molecule has 0 spiro atoms. The number of para-hydroxylation sites is 1. The van der Waals surface area contributed by atoms with E-state index in [1.165, 1.54) is 24.3 Å². The van der Waals surface area contributed by atoms with Crippen LogP contribution in [0.3, 0.4) is 0 Å². The number of aromatic nitrogens is 1. The van der Waals surface area contributed by atoms with Crippen molar-refractivity contribution in [2.24, 2.45) is 0 Å². The first kappa shape index (κ1) is 18.7. The van der Waals surface area contributed by atoms with Gasteiger partial charge in [0.25, 0.3) is 5.91 Å². The zero-order chi connectivity index (χ0) is 19.1. The van der Waals surface area contributed by atoms with Crippen LogP contribution in [0.15, 0.2) is 66.9 Å². The first-order valence-corrected chi connectivity index (χ1v) is 8.50. The Morgan fingerprint density at radius 3 is 2.67 bits per heavy atom. The fourth-order valence-electron chi connectivity index (χ4n) is 2.20. The van der Waals surface area contributed by atoms with Gasteiger partial charge in [0, 0.05) is 18.8 Å². The van der Waals surface area contributed by atoms with Crippen LogP contribution in [0.5, 0.6) is 17.4 Å². The predicted molar refractivity (Wildman–Crippen MR) is 99.5 cm³/mol. The summed E-state index contributed by atoms with van der Waals surface area (Å²) in [6, 6.07) is 16.0. The summed E-state index contributed by atoms with van der Waals surface area (Å²) in [4.78, 5) is 16.0. The lowest BCUT2D eigenvalue weighted by Gasteiger charge is -2.09. The third-order valence-corrected chi connectivity index (χ3v) is 3.83. The van der Waals surface area contributed by atoms with Crippen molar-refractivity contribution >= 4 is 17.5 Å². The van der Waals surface area contributed by atoms with Crippen molar-refractivity contribution in [2.75, 3.05) is 6.61 Å². The summed E-state index contributed by atoms with van der Waals surface area (Å²) in [6.07, 6.45) is 1.57. The van der Waals surface area contributed by atoms with E-state index in [1.54, 1.807) is 42.6 Å². The molecule has 0 saturated heterocycles. The van der Waals surface area contributed by atoms with E-state index >= 15 is 0 Å². The van der Waals surface area contributed by atoms with Gasteiger partial charge in [-0.15, -0.1) is 0 Å². The van der Waals surface area contributed by atoms with Gasteiger partial charge < -0.3 is 14.8 Å². The fraction of sp³-hybridized carbons (Fsp3) is 0.100. The SMILES string of the molecule is O=C(COc1ccccc1Cl)NCc1ccnc(Oc2ccc(F)cc2)c1. The Morgan fingerprint density at radius 2 is 1.89 bits per heavy atom. The zero-order valence-corrected chi connectivity index (χ0v) is 14.9. The second-order valence-electron chi connectivity index (χ2n) is 5.55. The topological polar surface area (TPSA) is 60.5 Å². The van der Waals surface area contributed by atoms with E-state index in [1.807, 2.05) is 0 Å². The molecule has 0 radical (unpaired) electrons. The van der Waals surface area contributed by atoms with Gasteiger partial charge in [0.1, 0.15) is 17.3 Å². The lowest BCUT2D eigenvalue weighted by molar-refractivity contribution is -0.123. The molecule has 0 aliphatic carbocycles. The lowest BCUT2D eigenvalue weighted by Crippen LogP contribution is -2.28. The van der Waals surface area contributed by atoms with E-state index in [0.717, 1.165) is 5.56 Å². The van der Waals surface area contributed by atoms with Crippen molar-refractivity contribution in [3.63, 3.8) is 0 Å². The largest absolute Gasteiger partial charge is 0.482 e. The van der Waals surface area contributed by atoms with Crippen LogP contribution < -0.4 is 14.8 Å². The Hall–Kier alpha value is -3.12. The van der Waals surface area contributed by atoms with E-state index in [0.29, 0.717) is 22.4 Å². The van der Waals surface area contributed by atoms with Gasteiger partial charge in [0.2, 0.25) is 5.88 Å². The normalized spacial score (nSPS) is 10.3. The molecule has 3 aromatic rings. The van der Waals surface area contributed by atoms with Gasteiger partial charge in [-0.3, -0.25) is 4.79 Å². The Kier molecular flexibility index (Phi) is 6.22. The number of benzene rings is 2. The molecule has 0 unspecified atom stereocenters. The smallest absolute Gasteiger partial charge is 0.258 e. The summed E-state index contributed by atoms with van der Waals surface area (Å²) in [6.45, 7) is 0.140. The van der Waals surface area contributed by atoms with Crippen LogP contribution in [-0.2, 0) is 11.3 Å². The van der Waals surface area contributed by atoms with Gasteiger partial charge >= 0.3 is 0 Å². The van der Waals surface area contributed by atoms with Crippen molar-refractivity contribution in [3.8, 4) is 17.4 Å². The molecule has 7 heteroatoms. The minimum absolute atomic E-state index is 0.145. The third kappa shape index (κ3) is 5.69. The average Bonchev–Trinajstić information content (AvgIpc) is 2.68. The molecule has 1 heterocycles. The molecule has 0 aliphatic heterocycles. The number of carbonyl (C=O) groups is 1. The Bertz CT molecular complexity index is 919. The van der Waals surface area contributed by atoms with Crippen LogP contribution >= 0.6 is 11.6 Å². The van der Waals surface area contributed by atoms with Crippen LogP contribution in [0.25, 0.3) is 0 Å². The minimum Gasteiger partial charge on any atom is -0.482 e. The summed E-state index contributed by atoms with van der Waals surface area (Å²) in [5, 5.41) is 3.19. The first-order valence-electron chi connectivity index (χ1n) is 8.12. The van der Waals surface area contributed by atoms with Gasteiger partial charge in [-0.1, -0.05) is 23.7 Å². The van der Waals surface area contributed by atoms with E-state index < -0.39 is 0 Å². The monoisotopic (exact) mass is 386 g/mol. The van der Waals surface area contributed by atoms with Crippen molar-refractivity contribution < 1.29 is 18.7 Å². The second kappa shape index (κ2) is 9.00. The van der Waals surface area contributed by atoms with Crippen molar-refractivity contribution in [2.45, 2.75) is 6.54 Å². The third-order valence-electron chi connectivity index (χ3n) is 3.52. The minimum atomic E-state index is -0.342. The van der Waals surface area contributed by atoms with Gasteiger partial charge in [0.05, 0.1) is 5.02 Å². The number of rotatable bonds is 7. The maximum atomic E-state index is 12.9. The number of ether oxygens (including phenoxy) is 2. The highest BCUT2D eigenvalue weighted by molar-refractivity contribution is 6.32. The molecule has 1 aromatic heterocycles. The van der Waals surface area contributed by atoms with E-state index in [9.17, 15) is 9.18 Å². The molecule has 0 bridgehead atoms. The van der Waals surface area contributed by atoms with Crippen LogP contribution in [-0.4, -0.2) is 17.5 Å². The quantitative estimate of drug-likeness (QED) is 0.655. The molecule has 0 saturated carbocycles. The molecule has 0 fully saturated rings. The Morgan fingerprint density at radius 1 is 1.11 bits per heavy atom. The average molecular weight is 387 g/mol. The highest BCUT2D eigenvalue weighted by Crippen LogP contribution is 2.23. The number of nitrogens with zero attached hydrogens (tertiary/aromatic N) is 1. The molecular formula is C20H16ClFN2O3. The van der Waals surface area contributed by atoms with Crippen molar-refractivity contribution in [3.05, 3.63) is 83.3 Å². The highest BCUT2D eigenvalue weighted by Gasteiger charge is 2.06. The summed E-state index contributed by atoms with van der Waals surface area (Å²) in [5.41, 5.74) is 0.799. The van der Waals surface area contributed by atoms with Crippen LogP contribution in [0, 0.1) is 5.82 Å². The standard InChI is InChI=1S/C20H16ClFN2O3/c21-17-3-1-2-4-18(17)26-13-19(25)24-12-14-9-10-23-20(11-14)27-16-7-5-15(22)6-8-16/h1-11H,12-13H2,(H,24,25). The van der Waals surface area contributed by atoms with Crippen molar-refractivity contribution in [1.29, 1.82) is 0 Å². The molecule has 5 nitrogen and oxygen atoms in total. The summed E-state index contributed by atoms with van der Waals surface area (Å²) >= 11 is 5.97. The van der Waals surface area contributed by atoms with Crippen molar-refractivity contribution in [1.82, 2.24) is 10.3 Å². The number of hydrogen-bond acceptors (Lipinski definition) is 4. The molecule has 0 aliphatic rings. The zero-order valence-electron chi connectivity index (χ0n) is 14.2. The summed E-state index contributed by atoms with van der Waals surface area (Å²) in [5.74, 6) is 0.644. The van der Waals surface area contributed by atoms with Crippen LogP contribution in [0.2, 0.25) is 5.02 Å². The van der Waals surface area contributed by atoms with Gasteiger partial charge in [0.15, 0.2) is 6.61 Å². The second-order valence-corrected chi connectivity index (χ2v) is 5.96. The van der Waals surface area contributed by atoms with Gasteiger partial charge in [-0.25, -0.2) is 9.37 Å². The number of carbonyl (C=O) groups excluding carboxylic acids is 1. The maximum absolute atomic E-state index is 12.9. The number of hydrogen-bond donors (Lipinski definition) is 1.